The van der Waals surface area contributed by atoms with Crippen LogP contribution >= 0.6 is 11.3 Å². The number of aromatic nitrogens is 5. The number of benzene rings is 1. The van der Waals surface area contributed by atoms with E-state index in [0.717, 1.165) is 63.8 Å². The predicted molar refractivity (Wildman–Crippen MR) is 148 cm³/mol. The fraction of sp³-hybridized carbons (Fsp3) is 0.172. The van der Waals surface area contributed by atoms with Crippen molar-refractivity contribution in [3.05, 3.63) is 71.9 Å². The number of anilines is 1. The Morgan fingerprint density at radius 3 is 2.78 bits per heavy atom. The monoisotopic (exact) mass is 504 g/mol. The van der Waals surface area contributed by atoms with Crippen LogP contribution in [0.3, 0.4) is 0 Å². The van der Waals surface area contributed by atoms with Gasteiger partial charge in [0.15, 0.2) is 0 Å². The van der Waals surface area contributed by atoms with Crippen LogP contribution < -0.4 is 5.32 Å². The third-order valence-electron chi connectivity index (χ3n) is 7.11. The van der Waals surface area contributed by atoms with Crippen molar-refractivity contribution in [2.45, 2.75) is 26.2 Å². The summed E-state index contributed by atoms with van der Waals surface area (Å²) in [6.45, 7) is 2.13. The molecule has 1 aliphatic rings. The highest BCUT2D eigenvalue weighted by Gasteiger charge is 2.25. The largest absolute Gasteiger partial charge is 0.353 e. The van der Waals surface area contributed by atoms with Crippen LogP contribution in [-0.2, 0) is 4.79 Å². The fourth-order valence-electron chi connectivity index (χ4n) is 4.89. The van der Waals surface area contributed by atoms with Gasteiger partial charge in [0.1, 0.15) is 11.2 Å². The summed E-state index contributed by atoms with van der Waals surface area (Å²) in [4.78, 5) is 27.8. The molecule has 0 unspecified atom stereocenters. The summed E-state index contributed by atoms with van der Waals surface area (Å²) < 4.78 is 0. The topological polar surface area (TPSA) is 99.4 Å². The number of fused-ring (bicyclic) bond motifs is 2. The van der Waals surface area contributed by atoms with Gasteiger partial charge in [-0.25, -0.2) is 4.98 Å². The van der Waals surface area contributed by atoms with Gasteiger partial charge in [0.25, 0.3) is 0 Å². The number of hydrogen-bond donors (Lipinski definition) is 3. The molecule has 3 N–H and O–H groups in total. The van der Waals surface area contributed by atoms with Crippen LogP contribution in [0.5, 0.6) is 0 Å². The minimum absolute atomic E-state index is 0.0709. The molecule has 0 saturated heterocycles. The molecule has 0 atom stereocenters. The molecule has 6 aromatic rings. The van der Waals surface area contributed by atoms with Gasteiger partial charge in [-0.1, -0.05) is 18.6 Å². The maximum absolute atomic E-state index is 12.4. The van der Waals surface area contributed by atoms with E-state index in [4.69, 9.17) is 4.98 Å². The average molecular weight is 505 g/mol. The van der Waals surface area contributed by atoms with Crippen molar-refractivity contribution >= 4 is 44.9 Å². The molecule has 7 nitrogen and oxygen atoms in total. The number of nitrogens with one attached hydrogen (secondary N) is 3. The SMILES string of the molecule is Cc1ccc(-c2cccc3[nH]c(-c4n[nH]c5ccc(-c6cncc(NC(=O)C7CCC7)c6)nc45)cc23)s1. The van der Waals surface area contributed by atoms with Crippen molar-refractivity contribution in [1.29, 1.82) is 0 Å². The van der Waals surface area contributed by atoms with E-state index in [-0.39, 0.29) is 11.8 Å². The van der Waals surface area contributed by atoms with E-state index in [1.807, 2.05) is 18.2 Å². The number of pyridine rings is 2. The number of hydrogen-bond acceptors (Lipinski definition) is 5. The first-order valence-corrected chi connectivity index (χ1v) is 13.2. The van der Waals surface area contributed by atoms with Gasteiger partial charge in [0.2, 0.25) is 5.91 Å². The van der Waals surface area contributed by atoms with E-state index >= 15 is 0 Å². The lowest BCUT2D eigenvalue weighted by Crippen LogP contribution is -2.28. The Balaban J connectivity index is 1.26. The fourth-order valence-corrected chi connectivity index (χ4v) is 5.79. The summed E-state index contributed by atoms with van der Waals surface area (Å²) in [6.07, 6.45) is 6.49. The van der Waals surface area contributed by atoms with E-state index in [2.05, 4.69) is 68.8 Å². The zero-order valence-electron chi connectivity index (χ0n) is 20.2. The highest BCUT2D eigenvalue weighted by molar-refractivity contribution is 7.15. The van der Waals surface area contributed by atoms with Gasteiger partial charge >= 0.3 is 0 Å². The Hall–Kier alpha value is -4.30. The van der Waals surface area contributed by atoms with Crippen LogP contribution in [0.15, 0.2) is 67.0 Å². The molecule has 8 heteroatoms. The first kappa shape index (κ1) is 21.9. The van der Waals surface area contributed by atoms with Crippen molar-refractivity contribution in [3.63, 3.8) is 0 Å². The quantitative estimate of drug-likeness (QED) is 0.237. The van der Waals surface area contributed by atoms with Crippen molar-refractivity contribution in [1.82, 2.24) is 25.1 Å². The van der Waals surface area contributed by atoms with E-state index in [1.165, 1.54) is 15.3 Å². The van der Waals surface area contributed by atoms with Crippen molar-refractivity contribution in [2.75, 3.05) is 5.32 Å². The maximum atomic E-state index is 12.4. The Morgan fingerprint density at radius 1 is 1.05 bits per heavy atom. The lowest BCUT2D eigenvalue weighted by Gasteiger charge is -2.24. The number of aryl methyl sites for hydroxylation is 1. The highest BCUT2D eigenvalue weighted by atomic mass is 32.1. The zero-order chi connectivity index (χ0) is 24.9. The Morgan fingerprint density at radius 2 is 1.97 bits per heavy atom. The molecule has 0 aliphatic heterocycles. The minimum atomic E-state index is 0.0709. The molecule has 182 valence electrons. The molecular weight excluding hydrogens is 480 g/mol. The molecule has 0 spiro atoms. The Bertz CT molecular complexity index is 1790. The molecule has 1 amide bonds. The van der Waals surface area contributed by atoms with E-state index in [1.54, 1.807) is 23.7 Å². The van der Waals surface area contributed by atoms with Gasteiger partial charge in [0, 0.05) is 43.9 Å². The normalized spacial score (nSPS) is 13.8. The lowest BCUT2D eigenvalue weighted by molar-refractivity contribution is -0.122. The van der Waals surface area contributed by atoms with E-state index in [0.29, 0.717) is 5.69 Å². The minimum Gasteiger partial charge on any atom is -0.353 e. The number of aromatic amines is 2. The van der Waals surface area contributed by atoms with Gasteiger partial charge < -0.3 is 10.3 Å². The first-order chi connectivity index (χ1) is 18.1. The Kier molecular flexibility index (Phi) is 5.14. The maximum Gasteiger partial charge on any atom is 0.227 e. The number of rotatable bonds is 5. The van der Waals surface area contributed by atoms with Gasteiger partial charge in [-0.15, -0.1) is 11.3 Å². The molecule has 1 fully saturated rings. The highest BCUT2D eigenvalue weighted by Crippen LogP contribution is 2.37. The molecule has 0 bridgehead atoms. The predicted octanol–water partition coefficient (Wildman–Crippen LogP) is 6.94. The summed E-state index contributed by atoms with van der Waals surface area (Å²) in [5.74, 6) is 0.189. The summed E-state index contributed by atoms with van der Waals surface area (Å²) in [6, 6.07) is 18.7. The van der Waals surface area contributed by atoms with Gasteiger partial charge in [-0.3, -0.25) is 14.9 Å². The summed E-state index contributed by atoms with van der Waals surface area (Å²) >= 11 is 1.80. The third-order valence-corrected chi connectivity index (χ3v) is 8.14. The van der Waals surface area contributed by atoms with Crippen LogP contribution in [0.1, 0.15) is 24.1 Å². The second-order valence-corrected chi connectivity index (χ2v) is 10.9. The number of nitrogens with zero attached hydrogens (tertiary/aromatic N) is 3. The summed E-state index contributed by atoms with van der Waals surface area (Å²) in [5, 5.41) is 11.9. The standard InChI is InChI=1S/C29H24N6OS/c1-16-8-11-26(37-16)20-6-3-7-23-21(20)13-25(32-23)28-27-24(34-35-28)10-9-22(33-27)18-12-19(15-30-14-18)31-29(36)17-4-2-5-17/h3,6-15,17,32H,2,4-5H2,1H3,(H,31,36)(H,34,35). The van der Waals surface area contributed by atoms with Crippen LogP contribution in [0.4, 0.5) is 5.69 Å². The molecule has 5 heterocycles. The molecular formula is C29H24N6OS. The number of thiophene rings is 1. The van der Waals surface area contributed by atoms with Crippen molar-refractivity contribution < 1.29 is 4.79 Å². The second-order valence-electron chi connectivity index (χ2n) is 9.60. The lowest BCUT2D eigenvalue weighted by atomic mass is 9.85. The molecule has 5 aromatic heterocycles. The van der Waals surface area contributed by atoms with Crippen LogP contribution in [0, 0.1) is 12.8 Å². The zero-order valence-corrected chi connectivity index (χ0v) is 21.0. The van der Waals surface area contributed by atoms with Crippen LogP contribution in [0.25, 0.3) is 55.0 Å². The smallest absolute Gasteiger partial charge is 0.227 e. The number of amides is 1. The van der Waals surface area contributed by atoms with Gasteiger partial charge in [-0.2, -0.15) is 5.10 Å². The van der Waals surface area contributed by atoms with Gasteiger partial charge in [-0.05, 0) is 62.2 Å². The van der Waals surface area contributed by atoms with E-state index in [9.17, 15) is 4.79 Å². The van der Waals surface area contributed by atoms with Crippen LogP contribution in [0.2, 0.25) is 0 Å². The molecule has 1 aromatic carbocycles. The number of carbonyl (C=O) groups excluding carboxylic acids is 1. The Labute approximate surface area is 217 Å². The van der Waals surface area contributed by atoms with Crippen LogP contribution in [-0.4, -0.2) is 31.1 Å². The first-order valence-electron chi connectivity index (χ1n) is 12.4. The average Bonchev–Trinajstić information content (AvgIpc) is 3.60. The molecule has 1 aliphatic carbocycles. The van der Waals surface area contributed by atoms with E-state index < -0.39 is 0 Å². The molecule has 37 heavy (non-hydrogen) atoms. The third kappa shape index (κ3) is 3.90. The van der Waals surface area contributed by atoms with Gasteiger partial charge in [0.05, 0.1) is 28.8 Å². The number of carbonyl (C=O) groups is 1. The van der Waals surface area contributed by atoms with Crippen molar-refractivity contribution in [3.8, 4) is 33.1 Å². The molecule has 1 saturated carbocycles. The molecule has 7 rings (SSSR count). The summed E-state index contributed by atoms with van der Waals surface area (Å²) in [7, 11) is 0. The molecule has 0 radical (unpaired) electrons. The second kappa shape index (κ2) is 8.67. The number of H-pyrrole nitrogens is 2. The summed E-state index contributed by atoms with van der Waals surface area (Å²) in [5.41, 5.74) is 7.88. The van der Waals surface area contributed by atoms with Crippen molar-refractivity contribution in [2.24, 2.45) is 5.92 Å².